The molecule has 4 aromatic rings. The molecule has 4 heterocycles. The smallest absolute Gasteiger partial charge is 0.245 e. The summed E-state index contributed by atoms with van der Waals surface area (Å²) in [6, 6.07) is 6.99. The molecule has 0 bridgehead atoms. The van der Waals surface area contributed by atoms with E-state index in [0.717, 1.165) is 34.2 Å². The molecule has 0 unspecified atom stereocenters. The Morgan fingerprint density at radius 3 is 2.48 bits per heavy atom. The molecule has 2 aliphatic rings. The molecule has 6 rings (SSSR count). The van der Waals surface area contributed by atoms with Crippen LogP contribution in [0.15, 0.2) is 36.7 Å². The summed E-state index contributed by atoms with van der Waals surface area (Å²) >= 11 is 6.21. The maximum absolute atomic E-state index is 14.1. The SMILES string of the molecule is CC(=O)c1nn(CC(=O)N2[C@H](C(=O)Cc3nc(Cl)ccc3CN(C)C)C[C@@]3(C)C[C@@H]23)c2c(C)cc(-c3cnc(C)nc3)cc12. The quantitative estimate of drug-likeness (QED) is 0.199. The van der Waals surface area contributed by atoms with E-state index >= 15 is 0 Å². The van der Waals surface area contributed by atoms with Crippen molar-refractivity contribution in [2.45, 2.75) is 72.1 Å². The highest BCUT2D eigenvalue weighted by atomic mass is 35.5. The predicted octanol–water partition coefficient (Wildman–Crippen LogP) is 4.61. The second kappa shape index (κ2) is 11.2. The van der Waals surface area contributed by atoms with E-state index < -0.39 is 6.04 Å². The van der Waals surface area contributed by atoms with Crippen LogP contribution in [0.3, 0.4) is 0 Å². The van der Waals surface area contributed by atoms with Gasteiger partial charge in [-0.1, -0.05) is 24.6 Å². The molecule has 2 fully saturated rings. The van der Waals surface area contributed by atoms with Gasteiger partial charge in [0, 0.05) is 42.9 Å². The molecule has 44 heavy (non-hydrogen) atoms. The van der Waals surface area contributed by atoms with Crippen molar-refractivity contribution in [2.24, 2.45) is 5.41 Å². The zero-order chi connectivity index (χ0) is 31.5. The Morgan fingerprint density at radius 1 is 1.07 bits per heavy atom. The van der Waals surface area contributed by atoms with Crippen molar-refractivity contribution in [3.05, 3.63) is 70.2 Å². The van der Waals surface area contributed by atoms with Gasteiger partial charge in [-0.3, -0.25) is 19.1 Å². The number of carbonyl (C=O) groups excluding carboxylic acids is 3. The van der Waals surface area contributed by atoms with E-state index in [0.29, 0.717) is 40.7 Å². The highest BCUT2D eigenvalue weighted by Gasteiger charge is 2.64. The second-order valence-corrected chi connectivity index (χ2v) is 13.2. The van der Waals surface area contributed by atoms with Crippen LogP contribution in [-0.2, 0) is 29.1 Å². The topological polar surface area (TPSA) is 114 Å². The third-order valence-electron chi connectivity index (χ3n) is 8.92. The van der Waals surface area contributed by atoms with Gasteiger partial charge < -0.3 is 9.80 Å². The number of hydrogen-bond donors (Lipinski definition) is 0. The van der Waals surface area contributed by atoms with Gasteiger partial charge in [0.05, 0.1) is 23.7 Å². The summed E-state index contributed by atoms with van der Waals surface area (Å²) in [6.07, 6.45) is 5.09. The fourth-order valence-electron chi connectivity index (χ4n) is 6.65. The summed E-state index contributed by atoms with van der Waals surface area (Å²) in [6.45, 7) is 7.93. The van der Waals surface area contributed by atoms with Crippen LogP contribution in [0.4, 0.5) is 0 Å². The monoisotopic (exact) mass is 613 g/mol. The van der Waals surface area contributed by atoms with Crippen LogP contribution in [-0.4, -0.2) is 78.2 Å². The maximum Gasteiger partial charge on any atom is 0.245 e. The number of halogens is 1. The number of ketones is 2. The van der Waals surface area contributed by atoms with Crippen LogP contribution in [0.2, 0.25) is 5.15 Å². The van der Waals surface area contributed by atoms with Gasteiger partial charge in [-0.2, -0.15) is 5.10 Å². The highest BCUT2D eigenvalue weighted by Crippen LogP contribution is 2.59. The standard InChI is InChI=1S/C33H36ClN7O3/c1-18-9-22(23-14-35-20(3)36-15-23)10-24-31(19(2)42)38-40(32(18)24)17-30(44)41-26(12-33(4)13-28(33)41)27(43)11-25-21(16-39(5)6)7-8-29(34)37-25/h7-10,14-15,26,28H,11-13,16-17H2,1-6H3/t26-,28+,33-/m0/s1. The molecule has 0 radical (unpaired) electrons. The number of amides is 1. The Balaban J connectivity index is 1.30. The number of nitrogens with zero attached hydrogens (tertiary/aromatic N) is 7. The Bertz CT molecular complexity index is 1820. The number of aryl methyl sites for hydroxylation is 2. The van der Waals surface area contributed by atoms with Gasteiger partial charge >= 0.3 is 0 Å². The maximum atomic E-state index is 14.1. The minimum Gasteiger partial charge on any atom is -0.327 e. The molecule has 0 spiro atoms. The van der Waals surface area contributed by atoms with Crippen LogP contribution in [0, 0.1) is 19.3 Å². The summed E-state index contributed by atoms with van der Waals surface area (Å²) in [5.74, 6) is 0.254. The lowest BCUT2D eigenvalue weighted by Crippen LogP contribution is -2.45. The van der Waals surface area contributed by atoms with Crippen molar-refractivity contribution in [1.29, 1.82) is 0 Å². The third-order valence-corrected chi connectivity index (χ3v) is 9.14. The van der Waals surface area contributed by atoms with Crippen LogP contribution in [0.5, 0.6) is 0 Å². The lowest BCUT2D eigenvalue weighted by Gasteiger charge is -2.27. The zero-order valence-corrected chi connectivity index (χ0v) is 26.6. The molecular weight excluding hydrogens is 578 g/mol. The molecule has 3 atom stereocenters. The number of piperidine rings is 1. The molecule has 1 saturated heterocycles. The van der Waals surface area contributed by atoms with Crippen LogP contribution >= 0.6 is 11.6 Å². The summed E-state index contributed by atoms with van der Waals surface area (Å²) in [7, 11) is 3.92. The number of Topliss-reactive ketones (excluding diaryl/α,β-unsaturated/α-hetero) is 2. The number of likely N-dealkylation sites (tertiary alicyclic amines) is 1. The molecule has 1 aliphatic carbocycles. The summed E-state index contributed by atoms with van der Waals surface area (Å²) in [5.41, 5.74) is 5.09. The number of pyridine rings is 1. The molecule has 10 nitrogen and oxygen atoms in total. The lowest BCUT2D eigenvalue weighted by atomic mass is 9.96. The number of carbonyl (C=O) groups is 3. The molecule has 228 valence electrons. The first-order valence-corrected chi connectivity index (χ1v) is 15.2. The third kappa shape index (κ3) is 5.52. The van der Waals surface area contributed by atoms with E-state index in [4.69, 9.17) is 11.6 Å². The fourth-order valence-corrected chi connectivity index (χ4v) is 6.82. The minimum absolute atomic E-state index is 0.000793. The van der Waals surface area contributed by atoms with Gasteiger partial charge in [-0.15, -0.1) is 0 Å². The molecule has 1 aromatic carbocycles. The van der Waals surface area contributed by atoms with Crippen LogP contribution in [0.1, 0.15) is 59.8 Å². The Kier molecular flexibility index (Phi) is 7.62. The highest BCUT2D eigenvalue weighted by molar-refractivity contribution is 6.29. The largest absolute Gasteiger partial charge is 0.327 e. The van der Waals surface area contributed by atoms with E-state index in [-0.39, 0.29) is 41.9 Å². The summed E-state index contributed by atoms with van der Waals surface area (Å²) in [4.78, 5) is 57.5. The Morgan fingerprint density at radius 2 is 1.80 bits per heavy atom. The molecule has 1 saturated carbocycles. The van der Waals surface area contributed by atoms with Gasteiger partial charge in [-0.05, 0) is 81.1 Å². The first-order chi connectivity index (χ1) is 20.8. The Labute approximate surface area is 261 Å². The molecular formula is C33H36ClN7O3. The first kappa shape index (κ1) is 30.0. The zero-order valence-electron chi connectivity index (χ0n) is 25.9. The van der Waals surface area contributed by atoms with E-state index in [2.05, 4.69) is 27.0 Å². The van der Waals surface area contributed by atoms with Gasteiger partial charge in [-0.25, -0.2) is 15.0 Å². The normalized spacial score (nSPS) is 20.8. The molecule has 11 heteroatoms. The first-order valence-electron chi connectivity index (χ1n) is 14.8. The number of rotatable bonds is 9. The summed E-state index contributed by atoms with van der Waals surface area (Å²) in [5, 5.41) is 5.64. The van der Waals surface area contributed by atoms with Crippen molar-refractivity contribution in [3.8, 4) is 11.1 Å². The molecule has 0 N–H and O–H groups in total. The van der Waals surface area contributed by atoms with Crippen LogP contribution in [0.25, 0.3) is 22.0 Å². The van der Waals surface area contributed by atoms with Crippen molar-refractivity contribution in [3.63, 3.8) is 0 Å². The number of aromatic nitrogens is 5. The average Bonchev–Trinajstić information content (AvgIpc) is 3.31. The number of benzene rings is 1. The van der Waals surface area contributed by atoms with Crippen LogP contribution < -0.4 is 0 Å². The second-order valence-electron chi connectivity index (χ2n) is 12.8. The molecule has 3 aromatic heterocycles. The van der Waals surface area contributed by atoms with Crippen molar-refractivity contribution in [2.75, 3.05) is 14.1 Å². The number of fused-ring (bicyclic) bond motifs is 2. The van der Waals surface area contributed by atoms with E-state index in [1.165, 1.54) is 6.92 Å². The number of hydrogen-bond acceptors (Lipinski definition) is 8. The van der Waals surface area contributed by atoms with Crippen molar-refractivity contribution >= 4 is 40.0 Å². The minimum atomic E-state index is -0.553. The molecule has 1 aliphatic heterocycles. The van der Waals surface area contributed by atoms with Gasteiger partial charge in [0.2, 0.25) is 5.91 Å². The van der Waals surface area contributed by atoms with E-state index in [1.807, 2.05) is 51.0 Å². The Hall–Kier alpha value is -4.02. The van der Waals surface area contributed by atoms with Gasteiger partial charge in [0.1, 0.15) is 23.2 Å². The van der Waals surface area contributed by atoms with Crippen molar-refractivity contribution in [1.82, 2.24) is 34.5 Å². The average molecular weight is 614 g/mol. The summed E-state index contributed by atoms with van der Waals surface area (Å²) < 4.78 is 1.62. The van der Waals surface area contributed by atoms with Gasteiger partial charge in [0.15, 0.2) is 11.6 Å². The molecule has 1 amide bonds. The van der Waals surface area contributed by atoms with Gasteiger partial charge in [0.25, 0.3) is 0 Å². The van der Waals surface area contributed by atoms with E-state index in [9.17, 15) is 14.4 Å². The fraction of sp³-hybridized carbons (Fsp3) is 0.424. The lowest BCUT2D eigenvalue weighted by molar-refractivity contribution is -0.139. The van der Waals surface area contributed by atoms with Crippen molar-refractivity contribution < 1.29 is 14.4 Å². The van der Waals surface area contributed by atoms with E-state index in [1.54, 1.807) is 28.0 Å². The predicted molar refractivity (Wildman–Crippen MR) is 167 cm³/mol.